The summed E-state index contributed by atoms with van der Waals surface area (Å²) in [5, 5.41) is 0. The molecular weight excluding hydrogens is 278 g/mol. The van der Waals surface area contributed by atoms with E-state index >= 15 is 0 Å². The van der Waals surface area contributed by atoms with Gasteiger partial charge in [0.2, 0.25) is 0 Å². The fourth-order valence-corrected chi connectivity index (χ4v) is 4.27. The topological polar surface area (TPSA) is 75.9 Å². The molecule has 0 aliphatic carbocycles. The molecule has 2 fully saturated rings. The van der Waals surface area contributed by atoms with Crippen molar-refractivity contribution in [3.8, 4) is 0 Å². The van der Waals surface area contributed by atoms with Gasteiger partial charge in [-0.3, -0.25) is 0 Å². The zero-order valence-electron chi connectivity index (χ0n) is 10.5. The smallest absolute Gasteiger partial charge is 0.282 e. The van der Waals surface area contributed by atoms with E-state index in [0.29, 0.717) is 39.4 Å². The van der Waals surface area contributed by atoms with Crippen molar-refractivity contribution in [2.45, 2.75) is 25.3 Å². The first-order chi connectivity index (χ1) is 8.16. The SMILES string of the molecule is Cl.NCC1CCCCN1S(=O)(=O)N1CCOCC1. The van der Waals surface area contributed by atoms with Crippen molar-refractivity contribution in [3.63, 3.8) is 0 Å². The molecule has 1 atom stereocenters. The molecular formula is C10H22ClN3O3S. The van der Waals surface area contributed by atoms with Gasteiger partial charge < -0.3 is 10.5 Å². The van der Waals surface area contributed by atoms with Crippen molar-refractivity contribution in [2.24, 2.45) is 5.73 Å². The van der Waals surface area contributed by atoms with Crippen molar-refractivity contribution >= 4 is 22.6 Å². The number of halogens is 1. The van der Waals surface area contributed by atoms with Gasteiger partial charge in [0.1, 0.15) is 0 Å². The zero-order chi connectivity index (χ0) is 12.3. The van der Waals surface area contributed by atoms with Crippen LogP contribution in [-0.2, 0) is 14.9 Å². The van der Waals surface area contributed by atoms with E-state index in [9.17, 15) is 8.42 Å². The first-order valence-corrected chi connectivity index (χ1v) is 7.60. The van der Waals surface area contributed by atoms with Crippen LogP contribution in [0.3, 0.4) is 0 Å². The van der Waals surface area contributed by atoms with E-state index in [0.717, 1.165) is 19.3 Å². The Bertz CT molecular complexity index is 346. The summed E-state index contributed by atoms with van der Waals surface area (Å²) in [6.45, 7) is 2.89. The average molecular weight is 300 g/mol. The third kappa shape index (κ3) is 3.34. The lowest BCUT2D eigenvalue weighted by atomic mass is 10.1. The zero-order valence-corrected chi connectivity index (χ0v) is 12.1. The number of nitrogens with two attached hydrogens (primary N) is 1. The molecule has 2 heterocycles. The minimum Gasteiger partial charge on any atom is -0.379 e. The lowest BCUT2D eigenvalue weighted by Gasteiger charge is -2.38. The quantitative estimate of drug-likeness (QED) is 0.783. The van der Waals surface area contributed by atoms with Gasteiger partial charge in [-0.2, -0.15) is 17.0 Å². The molecule has 0 aromatic heterocycles. The third-order valence-corrected chi connectivity index (χ3v) is 5.53. The highest BCUT2D eigenvalue weighted by Crippen LogP contribution is 2.22. The maximum atomic E-state index is 12.5. The van der Waals surface area contributed by atoms with Crippen LogP contribution >= 0.6 is 12.4 Å². The van der Waals surface area contributed by atoms with Gasteiger partial charge in [-0.1, -0.05) is 6.42 Å². The fraction of sp³-hybridized carbons (Fsp3) is 1.00. The largest absolute Gasteiger partial charge is 0.379 e. The summed E-state index contributed by atoms with van der Waals surface area (Å²) >= 11 is 0. The van der Waals surface area contributed by atoms with Gasteiger partial charge in [0.15, 0.2) is 0 Å². The number of morpholine rings is 1. The van der Waals surface area contributed by atoms with Crippen LogP contribution in [0.2, 0.25) is 0 Å². The molecule has 0 bridgehead atoms. The highest BCUT2D eigenvalue weighted by molar-refractivity contribution is 7.86. The maximum absolute atomic E-state index is 12.5. The van der Waals surface area contributed by atoms with E-state index in [1.807, 2.05) is 0 Å². The van der Waals surface area contributed by atoms with E-state index in [4.69, 9.17) is 10.5 Å². The van der Waals surface area contributed by atoms with Crippen LogP contribution in [-0.4, -0.2) is 62.5 Å². The van der Waals surface area contributed by atoms with Crippen molar-refractivity contribution in [1.29, 1.82) is 0 Å². The molecule has 0 saturated carbocycles. The Balaban J connectivity index is 0.00000162. The van der Waals surface area contributed by atoms with Gasteiger partial charge in [-0.25, -0.2) is 0 Å². The molecule has 0 aromatic carbocycles. The van der Waals surface area contributed by atoms with Gasteiger partial charge in [-0.15, -0.1) is 12.4 Å². The second-order valence-electron chi connectivity index (χ2n) is 4.52. The number of nitrogens with zero attached hydrogens (tertiary/aromatic N) is 2. The standard InChI is InChI=1S/C10H21N3O3S.ClH/c11-9-10-3-1-2-4-13(10)17(14,15)12-5-7-16-8-6-12;/h10H,1-9,11H2;1H. The molecule has 0 aromatic rings. The minimum atomic E-state index is -3.34. The number of hydrogen-bond acceptors (Lipinski definition) is 4. The van der Waals surface area contributed by atoms with Crippen molar-refractivity contribution in [1.82, 2.24) is 8.61 Å². The lowest BCUT2D eigenvalue weighted by Crippen LogP contribution is -2.55. The molecule has 0 spiro atoms. The fourth-order valence-electron chi connectivity index (χ4n) is 2.44. The number of hydrogen-bond donors (Lipinski definition) is 1. The highest BCUT2D eigenvalue weighted by Gasteiger charge is 2.36. The lowest BCUT2D eigenvalue weighted by molar-refractivity contribution is 0.0683. The summed E-state index contributed by atoms with van der Waals surface area (Å²) in [5.74, 6) is 0. The van der Waals surface area contributed by atoms with Gasteiger partial charge in [0.25, 0.3) is 10.2 Å². The Kier molecular flexibility index (Phi) is 6.29. The molecule has 2 saturated heterocycles. The summed E-state index contributed by atoms with van der Waals surface area (Å²) < 4.78 is 33.2. The third-order valence-electron chi connectivity index (χ3n) is 3.44. The normalized spacial score (nSPS) is 27.7. The molecule has 1 unspecified atom stereocenters. The molecule has 2 rings (SSSR count). The molecule has 0 amide bonds. The van der Waals surface area contributed by atoms with Crippen molar-refractivity contribution < 1.29 is 13.2 Å². The van der Waals surface area contributed by atoms with Crippen molar-refractivity contribution in [3.05, 3.63) is 0 Å². The Morgan fingerprint density at radius 2 is 1.83 bits per heavy atom. The van der Waals surface area contributed by atoms with Gasteiger partial charge in [0, 0.05) is 32.2 Å². The van der Waals surface area contributed by atoms with E-state index < -0.39 is 10.2 Å². The van der Waals surface area contributed by atoms with Crippen LogP contribution in [0.15, 0.2) is 0 Å². The number of rotatable bonds is 3. The van der Waals surface area contributed by atoms with Crippen LogP contribution < -0.4 is 5.73 Å². The second kappa shape index (κ2) is 7.02. The molecule has 8 heteroatoms. The highest BCUT2D eigenvalue weighted by atomic mass is 35.5. The molecule has 6 nitrogen and oxygen atoms in total. The monoisotopic (exact) mass is 299 g/mol. The molecule has 2 aliphatic rings. The summed E-state index contributed by atoms with van der Waals surface area (Å²) in [5.41, 5.74) is 5.67. The Labute approximate surface area is 115 Å². The molecule has 2 aliphatic heterocycles. The van der Waals surface area contributed by atoms with Crippen LogP contribution in [0.5, 0.6) is 0 Å². The summed E-state index contributed by atoms with van der Waals surface area (Å²) in [6.07, 6.45) is 2.87. The Morgan fingerprint density at radius 1 is 1.17 bits per heavy atom. The van der Waals surface area contributed by atoms with Gasteiger partial charge in [0.05, 0.1) is 13.2 Å². The molecule has 18 heavy (non-hydrogen) atoms. The van der Waals surface area contributed by atoms with E-state index in [-0.39, 0.29) is 18.4 Å². The minimum absolute atomic E-state index is 0. The Hall–Kier alpha value is 0.0800. The first kappa shape index (κ1) is 16.1. The van der Waals surface area contributed by atoms with E-state index in [1.165, 1.54) is 4.31 Å². The van der Waals surface area contributed by atoms with E-state index in [1.54, 1.807) is 4.31 Å². The summed E-state index contributed by atoms with van der Waals surface area (Å²) in [7, 11) is -3.34. The Morgan fingerprint density at radius 3 is 2.44 bits per heavy atom. The average Bonchev–Trinajstić information content (AvgIpc) is 2.39. The molecule has 0 radical (unpaired) electrons. The van der Waals surface area contributed by atoms with Gasteiger partial charge in [-0.05, 0) is 12.8 Å². The van der Waals surface area contributed by atoms with E-state index in [2.05, 4.69) is 0 Å². The van der Waals surface area contributed by atoms with Crippen molar-refractivity contribution in [2.75, 3.05) is 39.4 Å². The van der Waals surface area contributed by atoms with Crippen LogP contribution in [0.25, 0.3) is 0 Å². The summed E-state index contributed by atoms with van der Waals surface area (Å²) in [4.78, 5) is 0. The predicted octanol–water partition coefficient (Wildman–Crippen LogP) is -0.202. The van der Waals surface area contributed by atoms with Gasteiger partial charge >= 0.3 is 0 Å². The summed E-state index contributed by atoms with van der Waals surface area (Å²) in [6, 6.07) is -0.0309. The molecule has 108 valence electrons. The first-order valence-electron chi connectivity index (χ1n) is 6.21. The number of piperidine rings is 1. The molecule has 2 N–H and O–H groups in total. The van der Waals surface area contributed by atoms with Crippen LogP contribution in [0.4, 0.5) is 0 Å². The van der Waals surface area contributed by atoms with Crippen LogP contribution in [0.1, 0.15) is 19.3 Å². The predicted molar refractivity (Wildman–Crippen MR) is 72.0 cm³/mol. The maximum Gasteiger partial charge on any atom is 0.282 e. The van der Waals surface area contributed by atoms with Crippen LogP contribution in [0, 0.1) is 0 Å². The number of ether oxygens (including phenoxy) is 1. The second-order valence-corrected chi connectivity index (χ2v) is 6.40.